The molecule has 30 heavy (non-hydrogen) atoms. The van der Waals surface area contributed by atoms with Crippen molar-refractivity contribution in [3.63, 3.8) is 0 Å². The number of benzene rings is 2. The van der Waals surface area contributed by atoms with Gasteiger partial charge < -0.3 is 9.15 Å². The molecule has 8 heteroatoms. The zero-order valence-corrected chi connectivity index (χ0v) is 17.8. The van der Waals surface area contributed by atoms with Gasteiger partial charge in [-0.25, -0.2) is 9.97 Å². The fourth-order valence-corrected chi connectivity index (χ4v) is 4.86. The lowest BCUT2D eigenvalue weighted by atomic mass is 10.1. The predicted octanol–water partition coefficient (Wildman–Crippen LogP) is 5.88. The van der Waals surface area contributed by atoms with Gasteiger partial charge in [0.05, 0.1) is 17.3 Å². The second kappa shape index (κ2) is 7.89. The summed E-state index contributed by atoms with van der Waals surface area (Å²) in [7, 11) is 1.66. The third kappa shape index (κ3) is 3.67. The smallest absolute Gasteiger partial charge is 0.283 e. The van der Waals surface area contributed by atoms with E-state index in [1.54, 1.807) is 24.8 Å². The number of fused-ring (bicyclic) bond motifs is 1. The highest BCUT2D eigenvalue weighted by atomic mass is 32.2. The van der Waals surface area contributed by atoms with Gasteiger partial charge in [-0.1, -0.05) is 17.7 Å². The molecule has 0 aliphatic heterocycles. The Labute approximate surface area is 181 Å². The molecule has 0 N–H and O–H groups in total. The topological polar surface area (TPSA) is 73.9 Å². The van der Waals surface area contributed by atoms with Crippen LogP contribution in [0.5, 0.6) is 5.75 Å². The molecule has 0 radical (unpaired) electrons. The summed E-state index contributed by atoms with van der Waals surface area (Å²) in [6.45, 7) is 2.04. The highest BCUT2D eigenvalue weighted by Crippen LogP contribution is 2.39. The van der Waals surface area contributed by atoms with Crippen LogP contribution in [0.15, 0.2) is 75.6 Å². The Morgan fingerprint density at radius 2 is 1.70 bits per heavy atom. The molecule has 0 spiro atoms. The maximum atomic E-state index is 5.85. The average molecular weight is 433 g/mol. The van der Waals surface area contributed by atoms with Gasteiger partial charge in [-0.3, -0.25) is 0 Å². The number of hydrogen-bond acceptors (Lipinski definition) is 8. The molecule has 0 aliphatic carbocycles. The number of aryl methyl sites for hydroxylation is 1. The Kier molecular flexibility index (Phi) is 4.94. The number of hydrogen-bond donors (Lipinski definition) is 0. The minimum Gasteiger partial charge on any atom is -0.497 e. The lowest BCUT2D eigenvalue weighted by Crippen LogP contribution is -1.82. The van der Waals surface area contributed by atoms with E-state index >= 15 is 0 Å². The van der Waals surface area contributed by atoms with E-state index < -0.39 is 0 Å². The standard InChI is InChI=1S/C22H16N4O2S2/c1-13-3-5-15(6-4-13)20-25-26-22(28-20)30-21-19-17(23-12-24-21)11-18(29-19)14-7-9-16(27-2)10-8-14/h3-12H,1-2H3. The first-order valence-corrected chi connectivity index (χ1v) is 10.8. The number of ether oxygens (including phenoxy) is 1. The highest BCUT2D eigenvalue weighted by molar-refractivity contribution is 7.99. The Hall–Kier alpha value is -3.23. The van der Waals surface area contributed by atoms with Crippen molar-refractivity contribution in [3.8, 4) is 27.6 Å². The second-order valence-corrected chi connectivity index (χ2v) is 8.57. The van der Waals surface area contributed by atoms with E-state index in [9.17, 15) is 0 Å². The number of thiophene rings is 1. The van der Waals surface area contributed by atoms with Gasteiger partial charge in [-0.2, -0.15) is 0 Å². The van der Waals surface area contributed by atoms with Crippen LogP contribution in [0.2, 0.25) is 0 Å². The molecule has 148 valence electrons. The molecule has 0 fully saturated rings. The highest BCUT2D eigenvalue weighted by Gasteiger charge is 2.15. The fourth-order valence-electron chi connectivity index (χ4n) is 2.95. The van der Waals surface area contributed by atoms with Crippen molar-refractivity contribution in [1.82, 2.24) is 20.2 Å². The first kappa shape index (κ1) is 18.8. The van der Waals surface area contributed by atoms with Gasteiger partial charge in [0.1, 0.15) is 17.1 Å². The Balaban J connectivity index is 1.45. The first-order chi connectivity index (χ1) is 14.7. The minimum atomic E-state index is 0.449. The molecule has 6 nitrogen and oxygen atoms in total. The molecule has 0 unspecified atom stereocenters. The third-order valence-electron chi connectivity index (χ3n) is 4.54. The second-order valence-electron chi connectivity index (χ2n) is 6.57. The molecule has 5 rings (SSSR count). The molecule has 0 saturated heterocycles. The van der Waals surface area contributed by atoms with Gasteiger partial charge >= 0.3 is 0 Å². The summed E-state index contributed by atoms with van der Waals surface area (Å²) in [6, 6.07) is 18.0. The zero-order valence-electron chi connectivity index (χ0n) is 16.2. The van der Waals surface area contributed by atoms with Crippen LogP contribution in [0.3, 0.4) is 0 Å². The van der Waals surface area contributed by atoms with Crippen LogP contribution in [0.25, 0.3) is 32.1 Å². The normalized spacial score (nSPS) is 11.1. The van der Waals surface area contributed by atoms with Crippen molar-refractivity contribution in [1.29, 1.82) is 0 Å². The van der Waals surface area contributed by atoms with E-state index in [-0.39, 0.29) is 0 Å². The quantitative estimate of drug-likeness (QED) is 0.321. The molecular formula is C22H16N4O2S2. The minimum absolute atomic E-state index is 0.449. The average Bonchev–Trinajstić information content (AvgIpc) is 3.42. The molecule has 2 aromatic carbocycles. The van der Waals surface area contributed by atoms with Crippen molar-refractivity contribution in [2.24, 2.45) is 0 Å². The van der Waals surface area contributed by atoms with E-state index in [1.165, 1.54) is 17.3 Å². The molecule has 5 aromatic rings. The van der Waals surface area contributed by atoms with Crippen molar-refractivity contribution < 1.29 is 9.15 Å². The van der Waals surface area contributed by atoms with Gasteiger partial charge in [0, 0.05) is 10.4 Å². The monoisotopic (exact) mass is 432 g/mol. The van der Waals surface area contributed by atoms with Gasteiger partial charge in [0.15, 0.2) is 0 Å². The molecule has 0 saturated carbocycles. The predicted molar refractivity (Wildman–Crippen MR) is 118 cm³/mol. The summed E-state index contributed by atoms with van der Waals surface area (Å²) < 4.78 is 12.1. The summed E-state index contributed by atoms with van der Waals surface area (Å²) in [6.07, 6.45) is 1.56. The SMILES string of the molecule is COc1ccc(-c2cc3ncnc(Sc4nnc(-c5ccc(C)cc5)o4)c3s2)cc1. The van der Waals surface area contributed by atoms with Gasteiger partial charge in [0.2, 0.25) is 5.89 Å². The van der Waals surface area contributed by atoms with Crippen molar-refractivity contribution >= 4 is 33.3 Å². The van der Waals surface area contributed by atoms with E-state index in [2.05, 4.69) is 26.2 Å². The van der Waals surface area contributed by atoms with Crippen LogP contribution in [-0.4, -0.2) is 27.3 Å². The third-order valence-corrected chi connectivity index (χ3v) is 6.69. The number of methoxy groups -OCH3 is 1. The molecule has 3 heterocycles. The molecule has 3 aromatic heterocycles. The maximum absolute atomic E-state index is 5.85. The van der Waals surface area contributed by atoms with E-state index in [4.69, 9.17) is 9.15 Å². The van der Waals surface area contributed by atoms with Crippen molar-refractivity contribution in [3.05, 3.63) is 66.5 Å². The number of nitrogens with zero attached hydrogens (tertiary/aromatic N) is 4. The van der Waals surface area contributed by atoms with Crippen LogP contribution >= 0.6 is 23.1 Å². The summed E-state index contributed by atoms with van der Waals surface area (Å²) in [5, 5.41) is 9.59. The van der Waals surface area contributed by atoms with E-state index in [0.717, 1.165) is 37.0 Å². The lowest BCUT2D eigenvalue weighted by molar-refractivity contribution is 0.415. The summed E-state index contributed by atoms with van der Waals surface area (Å²) >= 11 is 2.99. The van der Waals surface area contributed by atoms with Gasteiger partial charge in [-0.15, -0.1) is 21.5 Å². The zero-order chi connectivity index (χ0) is 20.5. The van der Waals surface area contributed by atoms with E-state index in [0.29, 0.717) is 11.1 Å². The summed E-state index contributed by atoms with van der Waals surface area (Å²) in [4.78, 5) is 9.98. The maximum Gasteiger partial charge on any atom is 0.283 e. The first-order valence-electron chi connectivity index (χ1n) is 9.17. The summed E-state index contributed by atoms with van der Waals surface area (Å²) in [5.41, 5.74) is 4.07. The number of rotatable bonds is 5. The van der Waals surface area contributed by atoms with Crippen LogP contribution < -0.4 is 4.74 Å². The molecule has 0 aliphatic rings. The molecule has 0 amide bonds. The van der Waals surface area contributed by atoms with Crippen molar-refractivity contribution in [2.75, 3.05) is 7.11 Å². The molecule has 0 atom stereocenters. The van der Waals surface area contributed by atoms with Crippen LogP contribution in [-0.2, 0) is 0 Å². The Bertz CT molecular complexity index is 1310. The van der Waals surface area contributed by atoms with Crippen LogP contribution in [0, 0.1) is 6.92 Å². The Morgan fingerprint density at radius 3 is 2.47 bits per heavy atom. The number of aromatic nitrogens is 4. The van der Waals surface area contributed by atoms with E-state index in [1.807, 2.05) is 55.5 Å². The summed E-state index contributed by atoms with van der Waals surface area (Å²) in [5.74, 6) is 1.32. The fraction of sp³-hybridized carbons (Fsp3) is 0.0909. The lowest BCUT2D eigenvalue weighted by Gasteiger charge is -2.00. The van der Waals surface area contributed by atoms with Crippen molar-refractivity contribution in [2.45, 2.75) is 17.2 Å². The van der Waals surface area contributed by atoms with Crippen LogP contribution in [0.4, 0.5) is 0 Å². The largest absolute Gasteiger partial charge is 0.497 e. The molecule has 0 bridgehead atoms. The Morgan fingerprint density at radius 1 is 0.933 bits per heavy atom. The molecular weight excluding hydrogens is 416 g/mol. The van der Waals surface area contributed by atoms with Crippen LogP contribution in [0.1, 0.15) is 5.56 Å². The van der Waals surface area contributed by atoms with Gasteiger partial charge in [0.25, 0.3) is 5.22 Å². The van der Waals surface area contributed by atoms with Gasteiger partial charge in [-0.05, 0) is 66.7 Å².